The highest BCUT2D eigenvalue weighted by Gasteiger charge is 2.22. The minimum absolute atomic E-state index is 0.0255. The van der Waals surface area contributed by atoms with Gasteiger partial charge in [0, 0.05) is 17.0 Å². The van der Waals surface area contributed by atoms with Crippen molar-refractivity contribution >= 4 is 26.8 Å². The summed E-state index contributed by atoms with van der Waals surface area (Å²) in [6, 6.07) is 11.7. The van der Waals surface area contributed by atoms with Crippen LogP contribution < -0.4 is 5.32 Å². The van der Waals surface area contributed by atoms with Crippen LogP contribution >= 0.6 is 0 Å². The summed E-state index contributed by atoms with van der Waals surface area (Å²) in [6.45, 7) is 5.32. The number of hydrogen-bond acceptors (Lipinski definition) is 4. The number of aromatic nitrogens is 2. The average molecular weight is 482 g/mol. The zero-order valence-electron chi connectivity index (χ0n) is 20.4. The first-order valence-corrected chi connectivity index (χ1v) is 13.9. The van der Waals surface area contributed by atoms with Crippen molar-refractivity contribution in [2.45, 2.75) is 83.4 Å². The zero-order chi connectivity index (χ0) is 24.3. The maximum absolute atomic E-state index is 13.1. The van der Waals surface area contributed by atoms with E-state index in [1.54, 1.807) is 26.1 Å². The smallest absolute Gasteiger partial charge is 0.256 e. The largest absolute Gasteiger partial charge is 0.349 e. The van der Waals surface area contributed by atoms with Crippen LogP contribution in [0.5, 0.6) is 0 Å². The highest BCUT2D eigenvalue weighted by atomic mass is 32.2. The van der Waals surface area contributed by atoms with Crippen LogP contribution in [0.2, 0.25) is 0 Å². The summed E-state index contributed by atoms with van der Waals surface area (Å²) in [5.41, 5.74) is 4.16. The molecule has 7 heteroatoms. The zero-order valence-corrected chi connectivity index (χ0v) is 21.2. The predicted octanol–water partition coefficient (Wildman–Crippen LogP) is 5.83. The Labute approximate surface area is 202 Å². The molecule has 1 N–H and O–H groups in total. The van der Waals surface area contributed by atoms with Crippen molar-refractivity contribution in [1.29, 1.82) is 0 Å². The number of benzene rings is 2. The van der Waals surface area contributed by atoms with Crippen LogP contribution in [0.4, 0.5) is 0 Å². The van der Waals surface area contributed by atoms with Gasteiger partial charge in [-0.15, -0.1) is 0 Å². The molecule has 182 valence electrons. The Morgan fingerprint density at radius 1 is 1.00 bits per heavy atom. The van der Waals surface area contributed by atoms with Crippen LogP contribution in [-0.4, -0.2) is 34.8 Å². The fraction of sp³-hybridized carbons (Fsp3) is 0.481. The van der Waals surface area contributed by atoms with Crippen LogP contribution in [0.3, 0.4) is 0 Å². The van der Waals surface area contributed by atoms with Crippen molar-refractivity contribution in [1.82, 2.24) is 14.5 Å². The first kappa shape index (κ1) is 24.5. The molecule has 0 spiro atoms. The van der Waals surface area contributed by atoms with Crippen LogP contribution in [0.25, 0.3) is 22.0 Å². The standard InChI is InChI=1S/C27H35N3O3S/c1-19(2)34(32,33)30-26-15-14-21(16-23(26)18-28-30)25-17-22(13-12-20(25)3)27(31)29-24-10-8-6-4-5-7-9-11-24/h12-19,24H,4-11H2,1-3H3,(H,29,31). The van der Waals surface area contributed by atoms with E-state index in [0.717, 1.165) is 39.0 Å². The van der Waals surface area contributed by atoms with E-state index in [9.17, 15) is 13.2 Å². The van der Waals surface area contributed by atoms with Gasteiger partial charge < -0.3 is 5.32 Å². The van der Waals surface area contributed by atoms with Gasteiger partial charge in [-0.05, 0) is 74.6 Å². The molecule has 0 radical (unpaired) electrons. The number of nitrogens with zero attached hydrogens (tertiary/aromatic N) is 2. The summed E-state index contributed by atoms with van der Waals surface area (Å²) in [5, 5.41) is 7.60. The van der Waals surface area contributed by atoms with Crippen LogP contribution in [0.1, 0.15) is 81.1 Å². The molecule has 1 amide bonds. The van der Waals surface area contributed by atoms with Crippen LogP contribution in [0.15, 0.2) is 42.6 Å². The molecule has 1 aromatic heterocycles. The van der Waals surface area contributed by atoms with Gasteiger partial charge in [0.05, 0.1) is 17.0 Å². The Kier molecular flexibility index (Phi) is 7.41. The average Bonchev–Trinajstić information content (AvgIpc) is 3.28. The molecule has 1 heterocycles. The van der Waals surface area contributed by atoms with E-state index in [-0.39, 0.29) is 11.9 Å². The number of aryl methyl sites for hydroxylation is 1. The van der Waals surface area contributed by atoms with Crippen LogP contribution in [-0.2, 0) is 10.0 Å². The molecular formula is C27H35N3O3S. The third-order valence-corrected chi connectivity index (χ3v) is 8.84. The second-order valence-electron chi connectivity index (χ2n) is 9.75. The molecule has 1 aliphatic rings. The number of carbonyl (C=O) groups is 1. The third kappa shape index (κ3) is 5.19. The normalized spacial score (nSPS) is 16.2. The lowest BCUT2D eigenvalue weighted by Crippen LogP contribution is -2.34. The van der Waals surface area contributed by atoms with Gasteiger partial charge >= 0.3 is 0 Å². The fourth-order valence-corrected chi connectivity index (χ4v) is 5.72. The number of amides is 1. The summed E-state index contributed by atoms with van der Waals surface area (Å²) in [6.07, 6.45) is 11.1. The molecule has 1 saturated carbocycles. The summed E-state index contributed by atoms with van der Waals surface area (Å²) in [5.74, 6) is -0.0255. The first-order chi connectivity index (χ1) is 16.3. The lowest BCUT2D eigenvalue weighted by Gasteiger charge is -2.18. The second kappa shape index (κ2) is 10.3. The lowest BCUT2D eigenvalue weighted by atomic mass is 9.96. The van der Waals surface area contributed by atoms with Crippen LogP contribution in [0, 0.1) is 6.92 Å². The molecule has 2 aromatic carbocycles. The topological polar surface area (TPSA) is 81.1 Å². The molecule has 6 nitrogen and oxygen atoms in total. The highest BCUT2D eigenvalue weighted by Crippen LogP contribution is 2.29. The van der Waals surface area contributed by atoms with Crippen molar-refractivity contribution in [3.05, 3.63) is 53.7 Å². The van der Waals surface area contributed by atoms with Gasteiger partial charge in [0.25, 0.3) is 15.9 Å². The number of nitrogens with one attached hydrogen (secondary N) is 1. The Bertz CT molecular complexity index is 1270. The molecule has 0 bridgehead atoms. The van der Waals surface area contributed by atoms with E-state index in [0.29, 0.717) is 11.1 Å². The molecule has 0 atom stereocenters. The van der Waals surface area contributed by atoms with Crippen molar-refractivity contribution in [2.24, 2.45) is 0 Å². The van der Waals surface area contributed by atoms with E-state index in [4.69, 9.17) is 0 Å². The van der Waals surface area contributed by atoms with E-state index in [2.05, 4.69) is 10.4 Å². The summed E-state index contributed by atoms with van der Waals surface area (Å²) in [4.78, 5) is 13.1. The predicted molar refractivity (Wildman–Crippen MR) is 138 cm³/mol. The van der Waals surface area contributed by atoms with Crippen molar-refractivity contribution in [3.8, 4) is 11.1 Å². The Morgan fingerprint density at radius 2 is 1.68 bits per heavy atom. The highest BCUT2D eigenvalue weighted by molar-refractivity contribution is 7.90. The van der Waals surface area contributed by atoms with Crippen molar-refractivity contribution in [2.75, 3.05) is 0 Å². The molecule has 4 rings (SSSR count). The van der Waals surface area contributed by atoms with Gasteiger partial charge in [-0.25, -0.2) is 8.42 Å². The number of carbonyl (C=O) groups excluding carboxylic acids is 1. The van der Waals surface area contributed by atoms with E-state index in [1.165, 1.54) is 38.5 Å². The molecule has 1 fully saturated rings. The SMILES string of the molecule is Cc1ccc(C(=O)NC2CCCCCCCC2)cc1-c1ccc2c(cnn2S(=O)(=O)C(C)C)c1. The second-order valence-corrected chi connectivity index (χ2v) is 12.1. The minimum Gasteiger partial charge on any atom is -0.349 e. The van der Waals surface area contributed by atoms with Gasteiger partial charge in [0.2, 0.25) is 0 Å². The van der Waals surface area contributed by atoms with Crippen molar-refractivity contribution < 1.29 is 13.2 Å². The Balaban J connectivity index is 1.60. The molecule has 34 heavy (non-hydrogen) atoms. The first-order valence-electron chi connectivity index (χ1n) is 12.4. The number of fused-ring (bicyclic) bond motifs is 1. The van der Waals surface area contributed by atoms with Gasteiger partial charge in [0.15, 0.2) is 0 Å². The fourth-order valence-electron chi connectivity index (χ4n) is 4.70. The minimum atomic E-state index is -3.53. The number of rotatable bonds is 5. The summed E-state index contributed by atoms with van der Waals surface area (Å²) in [7, 11) is -3.53. The quantitative estimate of drug-likeness (QED) is 0.497. The van der Waals surface area contributed by atoms with E-state index in [1.807, 2.05) is 37.3 Å². The van der Waals surface area contributed by atoms with Crippen molar-refractivity contribution in [3.63, 3.8) is 0 Å². The summed E-state index contributed by atoms with van der Waals surface area (Å²) >= 11 is 0. The molecule has 3 aromatic rings. The third-order valence-electron chi connectivity index (χ3n) is 6.87. The Morgan fingerprint density at radius 3 is 2.35 bits per heavy atom. The maximum atomic E-state index is 13.1. The molecule has 0 unspecified atom stereocenters. The number of hydrogen-bond donors (Lipinski definition) is 1. The Hall–Kier alpha value is -2.67. The molecule has 1 aliphatic carbocycles. The van der Waals surface area contributed by atoms with Gasteiger partial charge in [-0.1, -0.05) is 50.7 Å². The van der Waals surface area contributed by atoms with E-state index < -0.39 is 15.3 Å². The van der Waals surface area contributed by atoms with Gasteiger partial charge in [-0.3, -0.25) is 4.79 Å². The lowest BCUT2D eigenvalue weighted by molar-refractivity contribution is 0.0932. The maximum Gasteiger partial charge on any atom is 0.256 e. The molecule has 0 aliphatic heterocycles. The van der Waals surface area contributed by atoms with Gasteiger partial charge in [-0.2, -0.15) is 9.19 Å². The summed E-state index contributed by atoms with van der Waals surface area (Å²) < 4.78 is 26.3. The van der Waals surface area contributed by atoms with E-state index >= 15 is 0 Å². The monoisotopic (exact) mass is 481 g/mol. The molecular weight excluding hydrogens is 446 g/mol. The van der Waals surface area contributed by atoms with Gasteiger partial charge in [0.1, 0.15) is 0 Å². The molecule has 0 saturated heterocycles.